The number of aromatic hydroxyl groups is 1. The Morgan fingerprint density at radius 1 is 1.27 bits per heavy atom. The van der Waals surface area contributed by atoms with Crippen molar-refractivity contribution in [3.8, 4) is 5.75 Å². The zero-order valence-corrected chi connectivity index (χ0v) is 8.01. The number of hydrogen-bond acceptors (Lipinski definition) is 1. The Hall–Kier alpha value is -1.19. The van der Waals surface area contributed by atoms with Crippen molar-refractivity contribution >= 4 is 0 Å². The van der Waals surface area contributed by atoms with Crippen LogP contribution < -0.4 is 0 Å². The van der Waals surface area contributed by atoms with Gasteiger partial charge in [0.25, 0.3) is 0 Å². The van der Waals surface area contributed by atoms with E-state index in [1.807, 2.05) is 0 Å². The average Bonchev–Trinajstić information content (AvgIpc) is 2.85. The van der Waals surface area contributed by atoms with E-state index in [1.54, 1.807) is 0 Å². The molecular formula is C11H11F3O. The number of rotatable bonds is 2. The molecule has 1 nitrogen and oxygen atoms in total. The Morgan fingerprint density at radius 2 is 1.93 bits per heavy atom. The molecule has 0 heterocycles. The average molecular weight is 216 g/mol. The van der Waals surface area contributed by atoms with Gasteiger partial charge in [0.05, 0.1) is 0 Å². The Balaban J connectivity index is 2.38. The molecule has 0 amide bonds. The van der Waals surface area contributed by atoms with E-state index < -0.39 is 17.5 Å². The normalized spacial score (nSPS) is 16.7. The van der Waals surface area contributed by atoms with Crippen molar-refractivity contribution < 1.29 is 18.3 Å². The lowest BCUT2D eigenvalue weighted by molar-refractivity contribution is -0.139. The number of hydrogen-bond donors (Lipinski definition) is 1. The molecule has 2 rings (SSSR count). The van der Waals surface area contributed by atoms with E-state index in [1.165, 1.54) is 12.1 Å². The molecular weight excluding hydrogens is 205 g/mol. The van der Waals surface area contributed by atoms with Crippen molar-refractivity contribution in [2.24, 2.45) is 5.92 Å². The molecule has 0 aliphatic heterocycles. The molecule has 4 heteroatoms. The van der Waals surface area contributed by atoms with E-state index in [0.717, 1.165) is 18.9 Å². The highest BCUT2D eigenvalue weighted by molar-refractivity contribution is 5.41. The van der Waals surface area contributed by atoms with E-state index in [2.05, 4.69) is 0 Å². The van der Waals surface area contributed by atoms with E-state index in [-0.39, 0.29) is 5.56 Å². The Kier molecular flexibility index (Phi) is 2.37. The first-order valence-electron chi connectivity index (χ1n) is 4.86. The minimum atomic E-state index is -4.46. The zero-order valence-electron chi connectivity index (χ0n) is 8.01. The molecule has 0 spiro atoms. The van der Waals surface area contributed by atoms with Crippen LogP contribution >= 0.6 is 0 Å². The zero-order chi connectivity index (χ0) is 11.1. The molecule has 0 radical (unpaired) electrons. The number of phenolic OH excluding ortho intramolecular Hbond substituents is 1. The summed E-state index contributed by atoms with van der Waals surface area (Å²) < 4.78 is 37.9. The summed E-state index contributed by atoms with van der Waals surface area (Å²) in [5, 5.41) is 9.24. The fourth-order valence-corrected chi connectivity index (χ4v) is 1.72. The van der Waals surface area contributed by atoms with Crippen LogP contribution in [-0.4, -0.2) is 5.11 Å². The summed E-state index contributed by atoms with van der Waals surface area (Å²) in [7, 11) is 0. The van der Waals surface area contributed by atoms with Gasteiger partial charge in [-0.2, -0.15) is 13.2 Å². The lowest BCUT2D eigenvalue weighted by Crippen LogP contribution is -2.10. The van der Waals surface area contributed by atoms with E-state index in [4.69, 9.17) is 0 Å². The molecule has 82 valence electrons. The maximum atomic E-state index is 12.6. The van der Waals surface area contributed by atoms with E-state index >= 15 is 0 Å². The Morgan fingerprint density at radius 3 is 2.47 bits per heavy atom. The highest BCUT2D eigenvalue weighted by atomic mass is 19.4. The summed E-state index contributed by atoms with van der Waals surface area (Å²) in [6.07, 6.45) is -2.06. The maximum Gasteiger partial charge on any atom is 0.420 e. The Labute approximate surface area is 85.5 Å². The van der Waals surface area contributed by atoms with E-state index in [9.17, 15) is 18.3 Å². The van der Waals surface area contributed by atoms with Crippen LogP contribution in [0.5, 0.6) is 5.75 Å². The van der Waals surface area contributed by atoms with Gasteiger partial charge in [-0.25, -0.2) is 0 Å². The second kappa shape index (κ2) is 3.43. The maximum absolute atomic E-state index is 12.6. The first-order chi connectivity index (χ1) is 6.98. The third-order valence-corrected chi connectivity index (χ3v) is 2.62. The van der Waals surface area contributed by atoms with Crippen LogP contribution in [0.15, 0.2) is 18.2 Å². The molecule has 0 unspecified atom stereocenters. The minimum Gasteiger partial charge on any atom is -0.507 e. The number of halogens is 3. The van der Waals surface area contributed by atoms with Gasteiger partial charge in [0.15, 0.2) is 0 Å². The van der Waals surface area contributed by atoms with Gasteiger partial charge < -0.3 is 5.11 Å². The topological polar surface area (TPSA) is 20.2 Å². The predicted molar refractivity (Wildman–Crippen MR) is 49.5 cm³/mol. The van der Waals surface area contributed by atoms with Gasteiger partial charge in [-0.15, -0.1) is 0 Å². The summed E-state index contributed by atoms with van der Waals surface area (Å²) in [5.74, 6) is -0.298. The first-order valence-corrected chi connectivity index (χ1v) is 4.86. The highest BCUT2D eigenvalue weighted by Crippen LogP contribution is 2.41. The van der Waals surface area contributed by atoms with Crippen molar-refractivity contribution in [1.82, 2.24) is 0 Å². The molecule has 1 N–H and O–H groups in total. The van der Waals surface area contributed by atoms with Crippen LogP contribution in [0.3, 0.4) is 0 Å². The summed E-state index contributed by atoms with van der Waals surface area (Å²) >= 11 is 0. The van der Waals surface area contributed by atoms with Gasteiger partial charge >= 0.3 is 6.18 Å². The van der Waals surface area contributed by atoms with Crippen LogP contribution in [0.2, 0.25) is 0 Å². The van der Waals surface area contributed by atoms with E-state index in [0.29, 0.717) is 12.3 Å². The molecule has 1 aliphatic rings. The second-order valence-corrected chi connectivity index (χ2v) is 3.96. The second-order valence-electron chi connectivity index (χ2n) is 3.96. The van der Waals surface area contributed by atoms with Gasteiger partial charge in [-0.1, -0.05) is 12.1 Å². The quantitative estimate of drug-likeness (QED) is 0.803. The van der Waals surface area contributed by atoms with Gasteiger partial charge in [-0.3, -0.25) is 0 Å². The van der Waals surface area contributed by atoms with Crippen LogP contribution in [-0.2, 0) is 12.6 Å². The third kappa shape index (κ3) is 2.25. The minimum absolute atomic E-state index is 0.213. The molecule has 0 saturated heterocycles. The predicted octanol–water partition coefficient (Wildman–Crippen LogP) is 3.36. The summed E-state index contributed by atoms with van der Waals surface area (Å²) in [6.45, 7) is 0. The molecule has 1 aliphatic carbocycles. The molecule has 1 fully saturated rings. The molecule has 1 saturated carbocycles. The SMILES string of the molecule is Oc1cccc(CC2CC2)c1C(F)(F)F. The van der Waals surface area contributed by atoms with Crippen LogP contribution in [0.25, 0.3) is 0 Å². The van der Waals surface area contributed by atoms with Crippen LogP contribution in [0.4, 0.5) is 13.2 Å². The van der Waals surface area contributed by atoms with Crippen LogP contribution in [0.1, 0.15) is 24.0 Å². The van der Waals surface area contributed by atoms with Crippen molar-refractivity contribution in [2.45, 2.75) is 25.4 Å². The smallest absolute Gasteiger partial charge is 0.420 e. The lowest BCUT2D eigenvalue weighted by Gasteiger charge is -2.13. The standard InChI is InChI=1S/C11H11F3O/c12-11(13,14)10-8(6-7-4-5-7)2-1-3-9(10)15/h1-3,7,15H,4-6H2. The fourth-order valence-electron chi connectivity index (χ4n) is 1.72. The van der Waals surface area contributed by atoms with Gasteiger partial charge in [0.2, 0.25) is 0 Å². The Bertz CT molecular complexity index is 367. The van der Waals surface area contributed by atoms with Gasteiger partial charge in [0.1, 0.15) is 11.3 Å². The summed E-state index contributed by atoms with van der Waals surface area (Å²) in [6, 6.07) is 3.99. The molecule has 1 aromatic rings. The summed E-state index contributed by atoms with van der Waals surface area (Å²) in [4.78, 5) is 0. The molecule has 0 aromatic heterocycles. The molecule has 0 bridgehead atoms. The van der Waals surface area contributed by atoms with Crippen molar-refractivity contribution in [1.29, 1.82) is 0 Å². The molecule has 1 aromatic carbocycles. The fraction of sp³-hybridized carbons (Fsp3) is 0.455. The largest absolute Gasteiger partial charge is 0.507 e. The van der Waals surface area contributed by atoms with Crippen molar-refractivity contribution in [2.75, 3.05) is 0 Å². The number of benzene rings is 1. The molecule has 0 atom stereocenters. The monoisotopic (exact) mass is 216 g/mol. The van der Waals surface area contributed by atoms with Crippen LogP contribution in [0, 0.1) is 5.92 Å². The number of phenols is 1. The van der Waals surface area contributed by atoms with Crippen molar-refractivity contribution in [3.63, 3.8) is 0 Å². The van der Waals surface area contributed by atoms with Gasteiger partial charge in [0, 0.05) is 0 Å². The lowest BCUT2D eigenvalue weighted by atomic mass is 10.0. The highest BCUT2D eigenvalue weighted by Gasteiger charge is 2.37. The third-order valence-electron chi connectivity index (χ3n) is 2.62. The van der Waals surface area contributed by atoms with Crippen molar-refractivity contribution in [3.05, 3.63) is 29.3 Å². The first kappa shape index (κ1) is 10.3. The molecule has 15 heavy (non-hydrogen) atoms. The van der Waals surface area contributed by atoms with Gasteiger partial charge in [-0.05, 0) is 36.8 Å². The number of alkyl halides is 3. The summed E-state index contributed by atoms with van der Waals surface area (Å²) in [5.41, 5.74) is -0.651.